The van der Waals surface area contributed by atoms with E-state index in [2.05, 4.69) is 12.2 Å². The lowest BCUT2D eigenvalue weighted by molar-refractivity contribution is -0.126. The van der Waals surface area contributed by atoms with E-state index < -0.39 is 0 Å². The van der Waals surface area contributed by atoms with Crippen LogP contribution in [0, 0.1) is 11.8 Å². The SMILES string of the molecule is CC1CCCC(C(=O)NCCCOCCO)C1. The molecule has 0 aromatic rings. The molecule has 1 saturated carbocycles. The molecule has 1 rings (SSSR count). The van der Waals surface area contributed by atoms with Crippen LogP contribution in [0.4, 0.5) is 0 Å². The molecular formula is C13H25NO3. The molecule has 0 saturated heterocycles. The van der Waals surface area contributed by atoms with Gasteiger partial charge in [0.15, 0.2) is 0 Å². The zero-order chi connectivity index (χ0) is 12.5. The summed E-state index contributed by atoms with van der Waals surface area (Å²) in [4.78, 5) is 11.8. The van der Waals surface area contributed by atoms with Gasteiger partial charge in [0.1, 0.15) is 0 Å². The zero-order valence-corrected chi connectivity index (χ0v) is 10.8. The number of carbonyl (C=O) groups is 1. The standard InChI is InChI=1S/C13H25NO3/c1-11-4-2-5-12(10-11)13(16)14-6-3-8-17-9-7-15/h11-12,15H,2-10H2,1H3,(H,14,16). The highest BCUT2D eigenvalue weighted by molar-refractivity contribution is 5.78. The Morgan fingerprint density at radius 1 is 1.41 bits per heavy atom. The average Bonchev–Trinajstić information content (AvgIpc) is 2.33. The molecule has 100 valence electrons. The summed E-state index contributed by atoms with van der Waals surface area (Å²) in [5.74, 6) is 1.11. The molecular weight excluding hydrogens is 218 g/mol. The van der Waals surface area contributed by atoms with Gasteiger partial charge in [-0.05, 0) is 25.2 Å². The molecule has 0 radical (unpaired) electrons. The van der Waals surface area contributed by atoms with E-state index in [-0.39, 0.29) is 18.4 Å². The largest absolute Gasteiger partial charge is 0.394 e. The Morgan fingerprint density at radius 3 is 2.94 bits per heavy atom. The minimum Gasteiger partial charge on any atom is -0.394 e. The van der Waals surface area contributed by atoms with Gasteiger partial charge in [-0.1, -0.05) is 19.8 Å². The van der Waals surface area contributed by atoms with Crippen molar-refractivity contribution in [1.29, 1.82) is 0 Å². The number of aliphatic hydroxyl groups is 1. The van der Waals surface area contributed by atoms with E-state index in [9.17, 15) is 4.79 Å². The predicted molar refractivity (Wildman–Crippen MR) is 66.7 cm³/mol. The van der Waals surface area contributed by atoms with E-state index in [1.165, 1.54) is 12.8 Å². The van der Waals surface area contributed by atoms with Gasteiger partial charge in [-0.15, -0.1) is 0 Å². The van der Waals surface area contributed by atoms with Gasteiger partial charge in [-0.2, -0.15) is 0 Å². The monoisotopic (exact) mass is 243 g/mol. The Morgan fingerprint density at radius 2 is 2.24 bits per heavy atom. The summed E-state index contributed by atoms with van der Waals surface area (Å²) in [5, 5.41) is 11.5. The highest BCUT2D eigenvalue weighted by atomic mass is 16.5. The Balaban J connectivity index is 2.04. The van der Waals surface area contributed by atoms with Crippen LogP contribution in [0.3, 0.4) is 0 Å². The molecule has 4 nitrogen and oxygen atoms in total. The lowest BCUT2D eigenvalue weighted by Crippen LogP contribution is -2.34. The van der Waals surface area contributed by atoms with Gasteiger partial charge < -0.3 is 15.2 Å². The Hall–Kier alpha value is -0.610. The molecule has 2 unspecified atom stereocenters. The molecule has 17 heavy (non-hydrogen) atoms. The van der Waals surface area contributed by atoms with Crippen LogP contribution in [0.25, 0.3) is 0 Å². The maximum Gasteiger partial charge on any atom is 0.223 e. The van der Waals surface area contributed by atoms with E-state index in [1.807, 2.05) is 0 Å². The molecule has 1 aliphatic carbocycles. The summed E-state index contributed by atoms with van der Waals surface area (Å²) < 4.78 is 5.13. The quantitative estimate of drug-likeness (QED) is 0.663. The Bertz CT molecular complexity index is 221. The third-order valence-corrected chi connectivity index (χ3v) is 3.31. The number of ether oxygens (including phenoxy) is 1. The Labute approximate surface area is 104 Å². The summed E-state index contributed by atoms with van der Waals surface area (Å²) in [6.07, 6.45) is 5.33. The fraction of sp³-hybridized carbons (Fsp3) is 0.923. The van der Waals surface area contributed by atoms with Crippen molar-refractivity contribution < 1.29 is 14.6 Å². The molecule has 1 aliphatic rings. The fourth-order valence-corrected chi connectivity index (χ4v) is 2.37. The van der Waals surface area contributed by atoms with Gasteiger partial charge >= 0.3 is 0 Å². The number of carbonyl (C=O) groups excluding carboxylic acids is 1. The van der Waals surface area contributed by atoms with E-state index >= 15 is 0 Å². The molecule has 0 aromatic carbocycles. The van der Waals surface area contributed by atoms with E-state index in [4.69, 9.17) is 9.84 Å². The second-order valence-electron chi connectivity index (χ2n) is 4.95. The summed E-state index contributed by atoms with van der Waals surface area (Å²) in [6, 6.07) is 0. The maximum absolute atomic E-state index is 11.8. The van der Waals surface area contributed by atoms with Crippen LogP contribution < -0.4 is 5.32 Å². The van der Waals surface area contributed by atoms with Gasteiger partial charge in [0.2, 0.25) is 5.91 Å². The van der Waals surface area contributed by atoms with Crippen molar-refractivity contribution in [1.82, 2.24) is 5.32 Å². The van der Waals surface area contributed by atoms with Crippen LogP contribution in [-0.4, -0.2) is 37.4 Å². The van der Waals surface area contributed by atoms with E-state index in [0.717, 1.165) is 19.3 Å². The minimum atomic E-state index is 0.0618. The van der Waals surface area contributed by atoms with Crippen LogP contribution in [0.1, 0.15) is 39.0 Å². The van der Waals surface area contributed by atoms with Crippen molar-refractivity contribution in [3.05, 3.63) is 0 Å². The number of aliphatic hydroxyl groups excluding tert-OH is 1. The molecule has 4 heteroatoms. The summed E-state index contributed by atoms with van der Waals surface area (Å²) >= 11 is 0. The molecule has 0 aliphatic heterocycles. The van der Waals surface area contributed by atoms with Crippen LogP contribution in [0.5, 0.6) is 0 Å². The zero-order valence-electron chi connectivity index (χ0n) is 10.8. The van der Waals surface area contributed by atoms with Gasteiger partial charge in [0.05, 0.1) is 13.2 Å². The third-order valence-electron chi connectivity index (χ3n) is 3.31. The van der Waals surface area contributed by atoms with Crippen LogP contribution >= 0.6 is 0 Å². The van der Waals surface area contributed by atoms with Gasteiger partial charge in [0, 0.05) is 19.1 Å². The van der Waals surface area contributed by atoms with Crippen LogP contribution in [0.2, 0.25) is 0 Å². The van der Waals surface area contributed by atoms with Gasteiger partial charge in [-0.25, -0.2) is 0 Å². The maximum atomic E-state index is 11.8. The van der Waals surface area contributed by atoms with Crippen molar-refractivity contribution in [3.63, 3.8) is 0 Å². The van der Waals surface area contributed by atoms with Crippen molar-refractivity contribution in [2.24, 2.45) is 11.8 Å². The first kappa shape index (κ1) is 14.5. The van der Waals surface area contributed by atoms with Gasteiger partial charge in [0.25, 0.3) is 0 Å². The van der Waals surface area contributed by atoms with Crippen molar-refractivity contribution in [2.45, 2.75) is 39.0 Å². The number of hydrogen-bond acceptors (Lipinski definition) is 3. The van der Waals surface area contributed by atoms with Crippen LogP contribution in [-0.2, 0) is 9.53 Å². The highest BCUT2D eigenvalue weighted by Gasteiger charge is 2.24. The molecule has 2 N–H and O–H groups in total. The van der Waals surface area contributed by atoms with Crippen molar-refractivity contribution >= 4 is 5.91 Å². The van der Waals surface area contributed by atoms with Crippen LogP contribution in [0.15, 0.2) is 0 Å². The fourth-order valence-electron chi connectivity index (χ4n) is 2.37. The number of hydrogen-bond donors (Lipinski definition) is 2. The second kappa shape index (κ2) is 8.48. The summed E-state index contributed by atoms with van der Waals surface area (Å²) in [7, 11) is 0. The molecule has 1 fully saturated rings. The minimum absolute atomic E-state index is 0.0618. The predicted octanol–water partition coefficient (Wildman–Crippen LogP) is 1.33. The normalized spacial score (nSPS) is 24.6. The number of rotatable bonds is 7. The summed E-state index contributed by atoms with van der Waals surface area (Å²) in [5.41, 5.74) is 0. The molecule has 2 atom stereocenters. The smallest absolute Gasteiger partial charge is 0.223 e. The number of amides is 1. The topological polar surface area (TPSA) is 58.6 Å². The van der Waals surface area contributed by atoms with Gasteiger partial charge in [-0.3, -0.25) is 4.79 Å². The Kier molecular flexibility index (Phi) is 7.21. The summed E-state index contributed by atoms with van der Waals surface area (Å²) in [6.45, 7) is 3.94. The lowest BCUT2D eigenvalue weighted by Gasteiger charge is -2.25. The van der Waals surface area contributed by atoms with E-state index in [1.54, 1.807) is 0 Å². The molecule has 1 amide bonds. The van der Waals surface area contributed by atoms with Crippen molar-refractivity contribution in [2.75, 3.05) is 26.4 Å². The molecule has 0 bridgehead atoms. The highest BCUT2D eigenvalue weighted by Crippen LogP contribution is 2.28. The molecule has 0 spiro atoms. The number of nitrogens with one attached hydrogen (secondary N) is 1. The third kappa shape index (κ3) is 6.03. The molecule has 0 heterocycles. The van der Waals surface area contributed by atoms with E-state index in [0.29, 0.717) is 25.7 Å². The van der Waals surface area contributed by atoms with Crippen molar-refractivity contribution in [3.8, 4) is 0 Å². The first-order valence-electron chi connectivity index (χ1n) is 6.70. The average molecular weight is 243 g/mol. The first-order chi connectivity index (χ1) is 8.24. The lowest BCUT2D eigenvalue weighted by atomic mass is 9.82. The molecule has 0 aromatic heterocycles. The second-order valence-corrected chi connectivity index (χ2v) is 4.95. The first-order valence-corrected chi connectivity index (χ1v) is 6.70.